The Hall–Kier alpha value is -0.360. The molecular weight excluding hydrogens is 405 g/mol. The third-order valence-electron chi connectivity index (χ3n) is 3.10. The minimum atomic E-state index is 0.00169. The molecule has 1 atom stereocenters. The molecule has 0 saturated heterocycles. The fraction of sp³-hybridized carbons (Fsp3) is 0.357. The van der Waals surface area contributed by atoms with Crippen molar-refractivity contribution in [1.29, 1.82) is 0 Å². The zero-order chi connectivity index (χ0) is 14.7. The Morgan fingerprint density at radius 1 is 1.35 bits per heavy atom. The maximum Gasteiger partial charge on any atom is 0.0774 e. The van der Waals surface area contributed by atoms with Crippen LogP contribution in [0.3, 0.4) is 0 Å². The van der Waals surface area contributed by atoms with Crippen LogP contribution >= 0.6 is 43.5 Å². The normalized spacial score (nSPS) is 12.7. The number of rotatable bonds is 5. The Kier molecular flexibility index (Phi) is 5.66. The summed E-state index contributed by atoms with van der Waals surface area (Å²) in [7, 11) is 1.94. The van der Waals surface area contributed by atoms with Gasteiger partial charge in [0.15, 0.2) is 0 Å². The van der Waals surface area contributed by atoms with Gasteiger partial charge in [-0.15, -0.1) is 0 Å². The van der Waals surface area contributed by atoms with E-state index in [1.807, 2.05) is 36.1 Å². The highest BCUT2D eigenvalue weighted by Crippen LogP contribution is 2.35. The van der Waals surface area contributed by atoms with Crippen molar-refractivity contribution in [3.8, 4) is 0 Å². The Bertz CT molecular complexity index is 579. The number of nitrogens with one attached hydrogen (secondary N) is 1. The van der Waals surface area contributed by atoms with E-state index in [0.29, 0.717) is 0 Å². The maximum absolute atomic E-state index is 6.46. The summed E-state index contributed by atoms with van der Waals surface area (Å²) < 4.78 is 3.75. The van der Waals surface area contributed by atoms with Crippen LogP contribution in [-0.4, -0.2) is 16.3 Å². The molecule has 0 radical (unpaired) electrons. The number of halogens is 3. The van der Waals surface area contributed by atoms with Gasteiger partial charge in [-0.05, 0) is 56.5 Å². The van der Waals surface area contributed by atoms with Crippen LogP contribution in [0.15, 0.2) is 33.3 Å². The standard InChI is InChI=1S/C14H16Br2ClN3/c1-3-7-18-13(14-11(16)8-19-20(14)2)9-5-4-6-10(15)12(9)17/h4-6,8,13,18H,3,7H2,1-2H3. The molecule has 0 aliphatic carbocycles. The van der Waals surface area contributed by atoms with E-state index in [4.69, 9.17) is 11.6 Å². The number of aryl methyl sites for hydroxylation is 1. The minimum absolute atomic E-state index is 0.00169. The van der Waals surface area contributed by atoms with E-state index < -0.39 is 0 Å². The Morgan fingerprint density at radius 2 is 2.10 bits per heavy atom. The van der Waals surface area contributed by atoms with Crippen LogP contribution in [0, 0.1) is 0 Å². The lowest BCUT2D eigenvalue weighted by molar-refractivity contribution is 0.552. The second kappa shape index (κ2) is 7.07. The van der Waals surface area contributed by atoms with Crippen molar-refractivity contribution >= 4 is 43.5 Å². The average molecular weight is 422 g/mol. The molecule has 0 fully saturated rings. The molecule has 0 bridgehead atoms. The summed E-state index contributed by atoms with van der Waals surface area (Å²) in [5.41, 5.74) is 2.11. The zero-order valence-corrected chi connectivity index (χ0v) is 15.3. The Labute approximate surface area is 141 Å². The molecule has 0 aliphatic heterocycles. The van der Waals surface area contributed by atoms with Crippen LogP contribution in [0.5, 0.6) is 0 Å². The topological polar surface area (TPSA) is 29.9 Å². The van der Waals surface area contributed by atoms with Crippen LogP contribution in [0.25, 0.3) is 0 Å². The lowest BCUT2D eigenvalue weighted by atomic mass is 10.0. The summed E-state index contributed by atoms with van der Waals surface area (Å²) in [6.45, 7) is 3.05. The van der Waals surface area contributed by atoms with Gasteiger partial charge in [0.2, 0.25) is 0 Å². The summed E-state index contributed by atoms with van der Waals surface area (Å²) in [5.74, 6) is 0. The second-order valence-electron chi connectivity index (χ2n) is 4.53. The van der Waals surface area contributed by atoms with Crippen LogP contribution in [0.4, 0.5) is 0 Å². The van der Waals surface area contributed by atoms with Crippen LogP contribution in [0.2, 0.25) is 5.02 Å². The van der Waals surface area contributed by atoms with Gasteiger partial charge in [0.1, 0.15) is 0 Å². The van der Waals surface area contributed by atoms with Gasteiger partial charge in [-0.25, -0.2) is 0 Å². The molecule has 3 nitrogen and oxygen atoms in total. The molecule has 2 rings (SSSR count). The monoisotopic (exact) mass is 419 g/mol. The van der Waals surface area contributed by atoms with Crippen molar-refractivity contribution in [1.82, 2.24) is 15.1 Å². The van der Waals surface area contributed by atoms with Gasteiger partial charge >= 0.3 is 0 Å². The molecule has 2 aromatic rings. The molecule has 1 aromatic heterocycles. The highest BCUT2D eigenvalue weighted by Gasteiger charge is 2.23. The van der Waals surface area contributed by atoms with E-state index in [1.54, 1.807) is 0 Å². The van der Waals surface area contributed by atoms with Crippen molar-refractivity contribution in [2.45, 2.75) is 19.4 Å². The molecule has 0 amide bonds. The first-order valence-corrected chi connectivity index (χ1v) is 8.37. The van der Waals surface area contributed by atoms with Gasteiger partial charge in [0.05, 0.1) is 27.4 Å². The molecule has 1 N–H and O–H groups in total. The van der Waals surface area contributed by atoms with Gasteiger partial charge in [-0.1, -0.05) is 30.7 Å². The fourth-order valence-corrected chi connectivity index (χ4v) is 3.32. The van der Waals surface area contributed by atoms with Crippen LogP contribution in [0.1, 0.15) is 30.6 Å². The third-order valence-corrected chi connectivity index (χ3v) is 5.02. The van der Waals surface area contributed by atoms with Crippen molar-refractivity contribution in [2.75, 3.05) is 6.54 Å². The van der Waals surface area contributed by atoms with Crippen molar-refractivity contribution < 1.29 is 0 Å². The van der Waals surface area contributed by atoms with Gasteiger partial charge in [-0.2, -0.15) is 5.10 Å². The molecule has 108 valence electrons. The van der Waals surface area contributed by atoms with Crippen molar-refractivity contribution in [3.63, 3.8) is 0 Å². The van der Waals surface area contributed by atoms with E-state index in [-0.39, 0.29) is 6.04 Å². The quantitative estimate of drug-likeness (QED) is 0.759. The number of hydrogen-bond acceptors (Lipinski definition) is 2. The number of benzene rings is 1. The largest absolute Gasteiger partial charge is 0.305 e. The smallest absolute Gasteiger partial charge is 0.0774 e. The molecule has 20 heavy (non-hydrogen) atoms. The molecule has 1 heterocycles. The summed E-state index contributed by atoms with van der Waals surface area (Å²) in [6.07, 6.45) is 2.86. The molecule has 0 spiro atoms. The second-order valence-corrected chi connectivity index (χ2v) is 6.62. The minimum Gasteiger partial charge on any atom is -0.305 e. The summed E-state index contributed by atoms with van der Waals surface area (Å²) >= 11 is 13.5. The summed E-state index contributed by atoms with van der Waals surface area (Å²) in [4.78, 5) is 0. The van der Waals surface area contributed by atoms with E-state index in [2.05, 4.69) is 49.2 Å². The highest BCUT2D eigenvalue weighted by atomic mass is 79.9. The fourth-order valence-electron chi connectivity index (χ4n) is 2.13. The average Bonchev–Trinajstić information content (AvgIpc) is 2.75. The van der Waals surface area contributed by atoms with E-state index in [0.717, 1.165) is 38.2 Å². The highest BCUT2D eigenvalue weighted by molar-refractivity contribution is 9.10. The van der Waals surface area contributed by atoms with Gasteiger partial charge in [-0.3, -0.25) is 4.68 Å². The first-order chi connectivity index (χ1) is 9.56. The maximum atomic E-state index is 6.46. The van der Waals surface area contributed by atoms with E-state index in [9.17, 15) is 0 Å². The van der Waals surface area contributed by atoms with Gasteiger partial charge in [0, 0.05) is 11.5 Å². The Balaban J connectivity index is 2.50. The summed E-state index contributed by atoms with van der Waals surface area (Å²) in [6, 6.07) is 5.98. The van der Waals surface area contributed by atoms with Crippen molar-refractivity contribution in [2.24, 2.45) is 7.05 Å². The first kappa shape index (κ1) is 16.0. The zero-order valence-electron chi connectivity index (χ0n) is 11.3. The van der Waals surface area contributed by atoms with Crippen LogP contribution in [-0.2, 0) is 7.05 Å². The molecule has 1 aromatic carbocycles. The van der Waals surface area contributed by atoms with E-state index >= 15 is 0 Å². The van der Waals surface area contributed by atoms with Crippen LogP contribution < -0.4 is 5.32 Å². The summed E-state index contributed by atoms with van der Waals surface area (Å²) in [5, 5.41) is 8.57. The molecule has 0 aliphatic rings. The molecule has 0 saturated carbocycles. The predicted octanol–water partition coefficient (Wildman–Crippen LogP) is 4.69. The number of aromatic nitrogens is 2. The SMILES string of the molecule is CCCNC(c1cccc(Br)c1Cl)c1c(Br)cnn1C. The first-order valence-electron chi connectivity index (χ1n) is 6.41. The third kappa shape index (κ3) is 3.27. The van der Waals surface area contributed by atoms with Gasteiger partial charge in [0.25, 0.3) is 0 Å². The lowest BCUT2D eigenvalue weighted by Gasteiger charge is -2.21. The lowest BCUT2D eigenvalue weighted by Crippen LogP contribution is -2.26. The molecular formula is C14H16Br2ClN3. The molecule has 1 unspecified atom stereocenters. The number of nitrogens with zero attached hydrogens (tertiary/aromatic N) is 2. The molecule has 6 heteroatoms. The Morgan fingerprint density at radius 3 is 2.70 bits per heavy atom. The predicted molar refractivity (Wildman–Crippen MR) is 90.2 cm³/mol. The number of hydrogen-bond donors (Lipinski definition) is 1. The van der Waals surface area contributed by atoms with Crippen molar-refractivity contribution in [3.05, 3.63) is 49.6 Å². The van der Waals surface area contributed by atoms with E-state index in [1.165, 1.54) is 0 Å². The van der Waals surface area contributed by atoms with Gasteiger partial charge < -0.3 is 5.32 Å².